The zero-order chi connectivity index (χ0) is 23.3. The Bertz CT molecular complexity index is 1260. The van der Waals surface area contributed by atoms with Crippen molar-refractivity contribution in [3.63, 3.8) is 0 Å². The van der Waals surface area contributed by atoms with Gasteiger partial charge < -0.3 is 0 Å². The predicted octanol–water partition coefficient (Wildman–Crippen LogP) is 7.57. The van der Waals surface area contributed by atoms with Crippen molar-refractivity contribution in [3.8, 4) is 45.0 Å². The number of rotatable bonds is 8. The molecule has 0 saturated carbocycles. The van der Waals surface area contributed by atoms with Gasteiger partial charge in [-0.25, -0.2) is 0 Å². The Balaban J connectivity index is 1.54. The second kappa shape index (κ2) is 9.92. The molecule has 0 N–H and O–H groups in total. The molecule has 34 heavy (non-hydrogen) atoms. The Morgan fingerprint density at radius 2 is 0.912 bits per heavy atom. The lowest BCUT2D eigenvalue weighted by molar-refractivity contribution is 0.610. The first kappa shape index (κ1) is 21.9. The molecule has 0 amide bonds. The lowest BCUT2D eigenvalue weighted by Gasteiger charge is -2.05. The largest absolute Gasteiger partial charge is 0.264 e. The molecule has 0 aliphatic carbocycles. The van der Waals surface area contributed by atoms with Crippen LogP contribution in [-0.4, -0.2) is 19.6 Å². The molecule has 3 aromatic carbocycles. The van der Waals surface area contributed by atoms with Crippen LogP contribution in [0.1, 0.15) is 26.7 Å². The summed E-state index contributed by atoms with van der Waals surface area (Å²) in [7, 11) is 0. The first-order valence-electron chi connectivity index (χ1n) is 12.1. The summed E-state index contributed by atoms with van der Waals surface area (Å²) in [5.41, 5.74) is 8.89. The monoisotopic (exact) mass is 446 g/mol. The average molecular weight is 447 g/mol. The van der Waals surface area contributed by atoms with Gasteiger partial charge in [0.15, 0.2) is 0 Å². The number of hydrogen-bond acceptors (Lipinski definition) is 2. The molecule has 0 bridgehead atoms. The minimum atomic E-state index is 0.895. The Labute approximate surface area is 201 Å². The lowest BCUT2D eigenvalue weighted by Crippen LogP contribution is -2.01. The van der Waals surface area contributed by atoms with Gasteiger partial charge >= 0.3 is 0 Å². The zero-order valence-corrected chi connectivity index (χ0v) is 19.9. The summed E-state index contributed by atoms with van der Waals surface area (Å²) in [5, 5.41) is 9.94. The average Bonchev–Trinajstić information content (AvgIpc) is 3.51. The quantitative estimate of drug-likeness (QED) is 0.246. The van der Waals surface area contributed by atoms with Crippen molar-refractivity contribution in [3.05, 3.63) is 97.1 Å². The van der Waals surface area contributed by atoms with Crippen LogP contribution < -0.4 is 0 Å². The van der Waals surface area contributed by atoms with E-state index in [2.05, 4.69) is 120 Å². The molecular formula is C30H30N4. The van der Waals surface area contributed by atoms with Gasteiger partial charge in [-0.05, 0) is 42.2 Å². The smallest absolute Gasteiger partial charge is 0.0929 e. The van der Waals surface area contributed by atoms with Gasteiger partial charge in [0.2, 0.25) is 0 Å². The van der Waals surface area contributed by atoms with E-state index in [1.807, 2.05) is 0 Å². The summed E-state index contributed by atoms with van der Waals surface area (Å²) in [6, 6.07) is 34.0. The number of aromatic nitrogens is 4. The van der Waals surface area contributed by atoms with Gasteiger partial charge in [0.25, 0.3) is 0 Å². The minimum Gasteiger partial charge on any atom is -0.264 e. The third kappa shape index (κ3) is 4.44. The van der Waals surface area contributed by atoms with Crippen molar-refractivity contribution in [2.24, 2.45) is 0 Å². The zero-order valence-electron chi connectivity index (χ0n) is 19.9. The number of hydrogen-bond donors (Lipinski definition) is 0. The standard InChI is InChI=1S/C30H30N4/c1-3-18-33-29(23-12-7-5-8-13-23)21-27(31-33)25-16-11-17-26(20-25)28-22-30(34(32-28)19-4-2)24-14-9-6-10-15-24/h5-17,20-22H,3-4,18-19H2,1-2H3. The van der Waals surface area contributed by atoms with Crippen LogP contribution in [0.2, 0.25) is 0 Å². The van der Waals surface area contributed by atoms with Gasteiger partial charge in [0.05, 0.1) is 22.8 Å². The summed E-state index contributed by atoms with van der Waals surface area (Å²) in [4.78, 5) is 0. The van der Waals surface area contributed by atoms with Crippen molar-refractivity contribution in [2.45, 2.75) is 39.8 Å². The Morgan fingerprint density at radius 1 is 0.500 bits per heavy atom. The molecule has 2 heterocycles. The molecule has 170 valence electrons. The lowest BCUT2D eigenvalue weighted by atomic mass is 10.0. The van der Waals surface area contributed by atoms with Crippen LogP contribution >= 0.6 is 0 Å². The van der Waals surface area contributed by atoms with Gasteiger partial charge in [-0.1, -0.05) is 92.7 Å². The van der Waals surface area contributed by atoms with Crippen LogP contribution in [0.5, 0.6) is 0 Å². The van der Waals surface area contributed by atoms with E-state index in [0.29, 0.717) is 0 Å². The topological polar surface area (TPSA) is 35.6 Å². The van der Waals surface area contributed by atoms with Crippen molar-refractivity contribution in [1.29, 1.82) is 0 Å². The summed E-state index contributed by atoms with van der Waals surface area (Å²) >= 11 is 0. The van der Waals surface area contributed by atoms with E-state index in [4.69, 9.17) is 10.2 Å². The highest BCUT2D eigenvalue weighted by molar-refractivity contribution is 5.75. The van der Waals surface area contributed by atoms with Crippen LogP contribution in [0.4, 0.5) is 0 Å². The highest BCUT2D eigenvalue weighted by Crippen LogP contribution is 2.31. The minimum absolute atomic E-state index is 0.895. The molecule has 0 saturated heterocycles. The first-order chi connectivity index (χ1) is 16.8. The Kier molecular flexibility index (Phi) is 6.39. The van der Waals surface area contributed by atoms with Crippen LogP contribution in [0.15, 0.2) is 97.1 Å². The van der Waals surface area contributed by atoms with Crippen LogP contribution in [0.25, 0.3) is 45.0 Å². The molecule has 5 aromatic rings. The fourth-order valence-electron chi connectivity index (χ4n) is 4.40. The van der Waals surface area contributed by atoms with E-state index in [1.165, 1.54) is 11.1 Å². The molecule has 0 atom stereocenters. The van der Waals surface area contributed by atoms with Gasteiger partial charge in [-0.3, -0.25) is 9.36 Å². The van der Waals surface area contributed by atoms with Crippen LogP contribution in [0.3, 0.4) is 0 Å². The molecule has 4 heteroatoms. The SMILES string of the molecule is CCCn1nc(-c2cccc(-c3cc(-c4ccccc4)n(CCC)n3)c2)cc1-c1ccccc1. The molecule has 0 radical (unpaired) electrons. The Morgan fingerprint density at radius 3 is 1.32 bits per heavy atom. The summed E-state index contributed by atoms with van der Waals surface area (Å²) in [6.45, 7) is 6.17. The molecule has 0 unspecified atom stereocenters. The van der Waals surface area contributed by atoms with E-state index in [9.17, 15) is 0 Å². The normalized spacial score (nSPS) is 11.1. The van der Waals surface area contributed by atoms with Crippen molar-refractivity contribution in [2.75, 3.05) is 0 Å². The summed E-state index contributed by atoms with van der Waals surface area (Å²) in [5.74, 6) is 0. The highest BCUT2D eigenvalue weighted by Gasteiger charge is 2.14. The maximum atomic E-state index is 4.97. The van der Waals surface area contributed by atoms with E-state index >= 15 is 0 Å². The fraction of sp³-hybridized carbons (Fsp3) is 0.200. The van der Waals surface area contributed by atoms with Crippen molar-refractivity contribution >= 4 is 0 Å². The number of nitrogens with zero attached hydrogens (tertiary/aromatic N) is 4. The third-order valence-electron chi connectivity index (χ3n) is 6.02. The molecule has 4 nitrogen and oxygen atoms in total. The number of aryl methyl sites for hydroxylation is 2. The molecule has 2 aromatic heterocycles. The molecule has 0 aliphatic rings. The molecule has 5 rings (SSSR count). The Hall–Kier alpha value is -3.92. The van der Waals surface area contributed by atoms with Gasteiger partial charge in [-0.15, -0.1) is 0 Å². The van der Waals surface area contributed by atoms with E-state index < -0.39 is 0 Å². The van der Waals surface area contributed by atoms with E-state index in [-0.39, 0.29) is 0 Å². The van der Waals surface area contributed by atoms with Crippen molar-refractivity contribution < 1.29 is 0 Å². The molecule has 0 spiro atoms. The van der Waals surface area contributed by atoms with Crippen molar-refractivity contribution in [1.82, 2.24) is 19.6 Å². The van der Waals surface area contributed by atoms with Crippen LogP contribution in [0, 0.1) is 0 Å². The van der Waals surface area contributed by atoms with E-state index in [1.54, 1.807) is 0 Å². The molecular weight excluding hydrogens is 416 g/mol. The maximum absolute atomic E-state index is 4.97. The second-order valence-electron chi connectivity index (χ2n) is 8.59. The number of benzene rings is 3. The summed E-state index contributed by atoms with van der Waals surface area (Å²) < 4.78 is 4.25. The van der Waals surface area contributed by atoms with Gasteiger partial charge in [0.1, 0.15) is 0 Å². The fourth-order valence-corrected chi connectivity index (χ4v) is 4.40. The first-order valence-corrected chi connectivity index (χ1v) is 12.1. The predicted molar refractivity (Wildman–Crippen MR) is 140 cm³/mol. The van der Waals surface area contributed by atoms with Gasteiger partial charge in [0, 0.05) is 24.2 Å². The highest BCUT2D eigenvalue weighted by atomic mass is 15.3. The maximum Gasteiger partial charge on any atom is 0.0929 e. The second-order valence-corrected chi connectivity index (χ2v) is 8.59. The summed E-state index contributed by atoms with van der Waals surface area (Å²) in [6.07, 6.45) is 2.08. The third-order valence-corrected chi connectivity index (χ3v) is 6.02. The van der Waals surface area contributed by atoms with Gasteiger partial charge in [-0.2, -0.15) is 10.2 Å². The van der Waals surface area contributed by atoms with E-state index in [0.717, 1.165) is 59.8 Å². The molecule has 0 aliphatic heterocycles. The van der Waals surface area contributed by atoms with Crippen LogP contribution in [-0.2, 0) is 13.1 Å². The molecule has 0 fully saturated rings.